The molecule has 1 atom stereocenters. The molecule has 0 amide bonds. The Bertz CT molecular complexity index is 565. The number of pyridine rings is 1. The van der Waals surface area contributed by atoms with Crippen LogP contribution in [0.4, 0.5) is 0 Å². The predicted octanol–water partition coefficient (Wildman–Crippen LogP) is 2.57. The van der Waals surface area contributed by atoms with Gasteiger partial charge in [0, 0.05) is 18.9 Å². The van der Waals surface area contributed by atoms with Crippen molar-refractivity contribution in [3.63, 3.8) is 0 Å². The number of carbonyl (C=O) groups is 1. The molecular weight excluding hydrogens is 338 g/mol. The smallest absolute Gasteiger partial charge is 0.331 e. The van der Waals surface area contributed by atoms with Gasteiger partial charge in [-0.3, -0.25) is 4.98 Å². The third-order valence-electron chi connectivity index (χ3n) is 2.86. The van der Waals surface area contributed by atoms with Crippen LogP contribution in [0, 0.1) is 0 Å². The molecule has 2 N–H and O–H groups in total. The molecule has 0 aromatic carbocycles. The second-order valence-electron chi connectivity index (χ2n) is 7.70. The summed E-state index contributed by atoms with van der Waals surface area (Å²) in [6.45, 7) is 11.9. The van der Waals surface area contributed by atoms with Crippen LogP contribution in [0.5, 0.6) is 0 Å². The molecule has 0 saturated heterocycles. The molecule has 0 aliphatic heterocycles. The summed E-state index contributed by atoms with van der Waals surface area (Å²) in [4.78, 5) is 16.5. The highest BCUT2D eigenvalue weighted by molar-refractivity contribution is 7.80. The largest absolute Gasteiger partial charge is 0.458 e. The van der Waals surface area contributed by atoms with Gasteiger partial charge in [0.1, 0.15) is 11.6 Å². The van der Waals surface area contributed by atoms with E-state index in [1.807, 2.05) is 53.7 Å². The molecule has 0 spiro atoms. The number of hydrogen-bond donors (Lipinski definition) is 2. The first kappa shape index (κ1) is 21.3. The summed E-state index contributed by atoms with van der Waals surface area (Å²) in [6.07, 6.45) is 3.46. The van der Waals surface area contributed by atoms with Gasteiger partial charge in [-0.2, -0.15) is 0 Å². The normalized spacial score (nSPS) is 13.0. The van der Waals surface area contributed by atoms with Crippen molar-refractivity contribution < 1.29 is 14.3 Å². The Balaban J connectivity index is 2.64. The number of aromatic nitrogens is 1. The minimum Gasteiger partial charge on any atom is -0.458 e. The molecular formula is C18H29N3O3S. The van der Waals surface area contributed by atoms with Crippen molar-refractivity contribution in [3.8, 4) is 0 Å². The van der Waals surface area contributed by atoms with Crippen LogP contribution in [-0.2, 0) is 20.8 Å². The van der Waals surface area contributed by atoms with Gasteiger partial charge in [0.2, 0.25) is 0 Å². The van der Waals surface area contributed by atoms with Gasteiger partial charge in [-0.1, -0.05) is 6.07 Å². The van der Waals surface area contributed by atoms with Crippen LogP contribution in [-0.4, -0.2) is 39.9 Å². The maximum Gasteiger partial charge on any atom is 0.331 e. The Morgan fingerprint density at radius 2 is 1.92 bits per heavy atom. The van der Waals surface area contributed by atoms with E-state index in [4.69, 9.17) is 21.7 Å². The molecule has 1 aromatic heterocycles. The number of esters is 1. The SMILES string of the molecule is CC(C)(C)OCC(NC(=S)NCc1cccnc1)C(=O)OC(C)(C)C. The average molecular weight is 368 g/mol. The summed E-state index contributed by atoms with van der Waals surface area (Å²) in [5, 5.41) is 6.40. The number of rotatable bonds is 6. The second kappa shape index (κ2) is 9.10. The molecule has 1 rings (SSSR count). The molecule has 0 fully saturated rings. The lowest BCUT2D eigenvalue weighted by Gasteiger charge is -2.28. The number of thiocarbonyl (C=S) groups is 1. The Morgan fingerprint density at radius 1 is 1.24 bits per heavy atom. The number of ether oxygens (including phenoxy) is 2. The van der Waals surface area contributed by atoms with E-state index in [0.29, 0.717) is 11.7 Å². The first-order chi connectivity index (χ1) is 11.5. The zero-order valence-electron chi connectivity index (χ0n) is 15.9. The number of hydrogen-bond acceptors (Lipinski definition) is 5. The Hall–Kier alpha value is -1.73. The van der Waals surface area contributed by atoms with E-state index in [1.165, 1.54) is 0 Å². The minimum atomic E-state index is -0.688. The minimum absolute atomic E-state index is 0.160. The van der Waals surface area contributed by atoms with Crippen LogP contribution in [0.1, 0.15) is 47.1 Å². The van der Waals surface area contributed by atoms with Crippen molar-refractivity contribution in [3.05, 3.63) is 30.1 Å². The van der Waals surface area contributed by atoms with Gasteiger partial charge in [0.25, 0.3) is 0 Å². The molecule has 0 aliphatic rings. The number of carbonyl (C=O) groups excluding carboxylic acids is 1. The molecule has 6 nitrogen and oxygen atoms in total. The van der Waals surface area contributed by atoms with Crippen LogP contribution < -0.4 is 10.6 Å². The molecule has 7 heteroatoms. The van der Waals surface area contributed by atoms with Crippen molar-refractivity contribution in [1.82, 2.24) is 15.6 Å². The summed E-state index contributed by atoms with van der Waals surface area (Å²) in [5.74, 6) is -0.401. The highest BCUT2D eigenvalue weighted by Gasteiger charge is 2.27. The molecule has 1 aromatic rings. The van der Waals surface area contributed by atoms with Gasteiger partial charge in [-0.15, -0.1) is 0 Å². The van der Waals surface area contributed by atoms with Gasteiger partial charge in [0.05, 0.1) is 12.2 Å². The quantitative estimate of drug-likeness (QED) is 0.591. The predicted molar refractivity (Wildman–Crippen MR) is 102 cm³/mol. The molecule has 140 valence electrons. The molecule has 1 unspecified atom stereocenters. The van der Waals surface area contributed by atoms with E-state index in [-0.39, 0.29) is 12.2 Å². The summed E-state index contributed by atoms with van der Waals surface area (Å²) in [5.41, 5.74) is 0.0438. The number of nitrogens with one attached hydrogen (secondary N) is 2. The van der Waals surface area contributed by atoms with Crippen LogP contribution in [0.3, 0.4) is 0 Å². The van der Waals surface area contributed by atoms with Crippen molar-refractivity contribution in [2.24, 2.45) is 0 Å². The maximum atomic E-state index is 12.4. The van der Waals surface area contributed by atoms with E-state index < -0.39 is 17.6 Å². The van der Waals surface area contributed by atoms with Crippen molar-refractivity contribution in [2.45, 2.75) is 65.3 Å². The molecule has 1 heterocycles. The monoisotopic (exact) mass is 367 g/mol. The first-order valence-corrected chi connectivity index (χ1v) is 8.67. The van der Waals surface area contributed by atoms with Crippen molar-refractivity contribution >= 4 is 23.3 Å². The molecule has 0 aliphatic carbocycles. The van der Waals surface area contributed by atoms with E-state index in [9.17, 15) is 4.79 Å². The Kier molecular flexibility index (Phi) is 7.76. The summed E-state index contributed by atoms with van der Waals surface area (Å²) in [6, 6.07) is 3.11. The topological polar surface area (TPSA) is 72.5 Å². The van der Waals surface area contributed by atoms with Crippen LogP contribution >= 0.6 is 12.2 Å². The zero-order valence-corrected chi connectivity index (χ0v) is 16.7. The van der Waals surface area contributed by atoms with Crippen molar-refractivity contribution in [1.29, 1.82) is 0 Å². The van der Waals surface area contributed by atoms with Crippen LogP contribution in [0.2, 0.25) is 0 Å². The van der Waals surface area contributed by atoms with Gasteiger partial charge >= 0.3 is 5.97 Å². The summed E-state index contributed by atoms with van der Waals surface area (Å²) >= 11 is 5.29. The van der Waals surface area contributed by atoms with Crippen LogP contribution in [0.15, 0.2) is 24.5 Å². The molecule has 25 heavy (non-hydrogen) atoms. The fourth-order valence-electron chi connectivity index (χ4n) is 1.77. The Labute approximate surface area is 155 Å². The lowest BCUT2D eigenvalue weighted by molar-refractivity contribution is -0.160. The van der Waals surface area contributed by atoms with Crippen molar-refractivity contribution in [2.75, 3.05) is 6.61 Å². The van der Waals surface area contributed by atoms with E-state index in [2.05, 4.69) is 15.6 Å². The van der Waals surface area contributed by atoms with Gasteiger partial charge < -0.3 is 20.1 Å². The van der Waals surface area contributed by atoms with E-state index >= 15 is 0 Å². The molecule has 0 saturated carbocycles. The lowest BCUT2D eigenvalue weighted by atomic mass is 10.1. The maximum absolute atomic E-state index is 12.4. The fraction of sp³-hybridized carbons (Fsp3) is 0.611. The second-order valence-corrected chi connectivity index (χ2v) is 8.11. The van der Waals surface area contributed by atoms with Gasteiger partial charge in [-0.25, -0.2) is 4.79 Å². The molecule has 0 radical (unpaired) electrons. The molecule has 0 bridgehead atoms. The van der Waals surface area contributed by atoms with Gasteiger partial charge in [0.15, 0.2) is 5.11 Å². The highest BCUT2D eigenvalue weighted by Crippen LogP contribution is 2.11. The summed E-state index contributed by atoms with van der Waals surface area (Å²) < 4.78 is 11.2. The number of nitrogens with zero attached hydrogens (tertiary/aromatic N) is 1. The zero-order chi connectivity index (χ0) is 19.1. The van der Waals surface area contributed by atoms with E-state index in [0.717, 1.165) is 5.56 Å². The highest BCUT2D eigenvalue weighted by atomic mass is 32.1. The summed E-state index contributed by atoms with van der Waals surface area (Å²) in [7, 11) is 0. The average Bonchev–Trinajstić information content (AvgIpc) is 2.47. The third-order valence-corrected chi connectivity index (χ3v) is 3.12. The third kappa shape index (κ3) is 9.99. The van der Waals surface area contributed by atoms with Gasteiger partial charge in [-0.05, 0) is 65.4 Å². The lowest BCUT2D eigenvalue weighted by Crippen LogP contribution is -2.50. The standard InChI is InChI=1S/C18H29N3O3S/c1-17(2,3)23-12-14(15(22)24-18(4,5)6)21-16(25)20-11-13-8-7-9-19-10-13/h7-10,14H,11-12H2,1-6H3,(H2,20,21,25). The van der Waals surface area contributed by atoms with E-state index in [1.54, 1.807) is 12.4 Å². The van der Waals surface area contributed by atoms with Crippen LogP contribution in [0.25, 0.3) is 0 Å². The fourth-order valence-corrected chi connectivity index (χ4v) is 1.98. The first-order valence-electron chi connectivity index (χ1n) is 8.26. The Morgan fingerprint density at radius 3 is 2.44 bits per heavy atom.